The van der Waals surface area contributed by atoms with Crippen molar-refractivity contribution in [3.05, 3.63) is 30.9 Å². The molecule has 7 heteroatoms. The molecule has 6 nitrogen and oxygen atoms in total. The maximum atomic E-state index is 11.9. The van der Waals surface area contributed by atoms with E-state index in [2.05, 4.69) is 26.7 Å². The number of hydrogen-bond donors (Lipinski definition) is 2. The fraction of sp³-hybridized carbons (Fsp3) is 0.111. The summed E-state index contributed by atoms with van der Waals surface area (Å²) in [5.41, 5.74) is 0.917. The van der Waals surface area contributed by atoms with Crippen LogP contribution in [0.4, 0.5) is 0 Å². The van der Waals surface area contributed by atoms with E-state index in [0.717, 1.165) is 0 Å². The average molecular weight is 238 g/mol. The van der Waals surface area contributed by atoms with Crippen LogP contribution in [0.3, 0.4) is 0 Å². The third-order valence-corrected chi connectivity index (χ3v) is 3.48. The molecular weight excluding hydrogens is 228 g/mol. The molecule has 0 fully saturated rings. The van der Waals surface area contributed by atoms with Gasteiger partial charge in [-0.3, -0.25) is 5.10 Å². The van der Waals surface area contributed by atoms with Crippen molar-refractivity contribution < 1.29 is 8.42 Å². The minimum Gasteiger partial charge on any atom is -0.257 e. The lowest BCUT2D eigenvalue weighted by molar-refractivity contribution is 0.586. The van der Waals surface area contributed by atoms with Gasteiger partial charge in [-0.1, -0.05) is 17.4 Å². The van der Waals surface area contributed by atoms with Gasteiger partial charge < -0.3 is 0 Å². The number of nitrogens with zero attached hydrogens (tertiary/aromatic N) is 2. The third-order valence-electron chi connectivity index (χ3n) is 2.03. The van der Waals surface area contributed by atoms with E-state index in [9.17, 15) is 8.42 Å². The Morgan fingerprint density at radius 3 is 3.06 bits per heavy atom. The van der Waals surface area contributed by atoms with E-state index in [0.29, 0.717) is 11.0 Å². The van der Waals surface area contributed by atoms with Crippen molar-refractivity contribution in [2.45, 2.75) is 4.90 Å². The molecule has 1 aromatic heterocycles. The van der Waals surface area contributed by atoms with Crippen LogP contribution in [0.1, 0.15) is 0 Å². The van der Waals surface area contributed by atoms with Gasteiger partial charge in [0.2, 0.25) is 10.0 Å². The normalized spacial score (nSPS) is 11.8. The van der Waals surface area contributed by atoms with Gasteiger partial charge in [0.25, 0.3) is 0 Å². The van der Waals surface area contributed by atoms with Crippen molar-refractivity contribution in [3.8, 4) is 0 Å². The summed E-state index contributed by atoms with van der Waals surface area (Å²) in [6.07, 6.45) is 1.47. The number of nitrogens with one attached hydrogen (secondary N) is 2. The number of aromatic nitrogens is 3. The Balaban J connectivity index is 2.54. The van der Waals surface area contributed by atoms with Gasteiger partial charge in [0.15, 0.2) is 0 Å². The first kappa shape index (κ1) is 10.8. The van der Waals surface area contributed by atoms with Crippen molar-refractivity contribution in [1.82, 2.24) is 20.1 Å². The van der Waals surface area contributed by atoms with Gasteiger partial charge in [-0.2, -0.15) is 0 Å². The second-order valence-corrected chi connectivity index (χ2v) is 4.84. The van der Waals surface area contributed by atoms with Gasteiger partial charge in [0.1, 0.15) is 10.4 Å². The van der Waals surface area contributed by atoms with E-state index < -0.39 is 10.0 Å². The molecule has 0 saturated heterocycles. The lowest BCUT2D eigenvalue weighted by atomic mass is 10.3. The summed E-state index contributed by atoms with van der Waals surface area (Å²) < 4.78 is 26.1. The van der Waals surface area contributed by atoms with E-state index in [1.54, 1.807) is 12.1 Å². The van der Waals surface area contributed by atoms with E-state index in [1.807, 2.05) is 0 Å². The molecule has 2 N–H and O–H groups in total. The predicted molar refractivity (Wildman–Crippen MR) is 59.3 cm³/mol. The molecule has 0 bridgehead atoms. The lowest BCUT2D eigenvalue weighted by Gasteiger charge is -2.04. The molecule has 2 rings (SSSR count). The molecule has 0 aliphatic heterocycles. The van der Waals surface area contributed by atoms with E-state index >= 15 is 0 Å². The summed E-state index contributed by atoms with van der Waals surface area (Å²) in [7, 11) is -3.56. The van der Waals surface area contributed by atoms with Crippen LogP contribution >= 0.6 is 0 Å². The highest BCUT2D eigenvalue weighted by atomic mass is 32.2. The summed E-state index contributed by atoms with van der Waals surface area (Å²) >= 11 is 0. The SMILES string of the molecule is C=CCNS(=O)(=O)c1cccc2[nH]nnc12. The first-order valence-electron chi connectivity index (χ1n) is 4.55. The highest BCUT2D eigenvalue weighted by Gasteiger charge is 2.17. The molecule has 1 aromatic carbocycles. The number of rotatable bonds is 4. The topological polar surface area (TPSA) is 87.7 Å². The van der Waals surface area contributed by atoms with Crippen LogP contribution in [-0.2, 0) is 10.0 Å². The fourth-order valence-electron chi connectivity index (χ4n) is 1.31. The van der Waals surface area contributed by atoms with Gasteiger partial charge in [-0.15, -0.1) is 11.7 Å². The second kappa shape index (κ2) is 4.03. The Morgan fingerprint density at radius 2 is 2.31 bits per heavy atom. The van der Waals surface area contributed by atoms with Crippen molar-refractivity contribution in [3.63, 3.8) is 0 Å². The van der Waals surface area contributed by atoms with Gasteiger partial charge in [-0.25, -0.2) is 13.1 Å². The Hall–Kier alpha value is -1.73. The molecular formula is C9H10N4O2S. The van der Waals surface area contributed by atoms with Crippen LogP contribution in [0.25, 0.3) is 11.0 Å². The minimum atomic E-state index is -3.56. The number of sulfonamides is 1. The first-order chi connectivity index (χ1) is 7.65. The largest absolute Gasteiger partial charge is 0.257 e. The quantitative estimate of drug-likeness (QED) is 0.756. The van der Waals surface area contributed by atoms with E-state index in [4.69, 9.17) is 0 Å². The summed E-state index contributed by atoms with van der Waals surface area (Å²) in [5.74, 6) is 0. The Kier molecular flexibility index (Phi) is 2.71. The molecule has 16 heavy (non-hydrogen) atoms. The van der Waals surface area contributed by atoms with Crippen LogP contribution in [0.2, 0.25) is 0 Å². The first-order valence-corrected chi connectivity index (χ1v) is 6.04. The van der Waals surface area contributed by atoms with Crippen LogP contribution in [-0.4, -0.2) is 30.4 Å². The smallest absolute Gasteiger partial charge is 0.243 e. The molecule has 0 amide bonds. The van der Waals surface area contributed by atoms with Crippen molar-refractivity contribution >= 4 is 21.1 Å². The van der Waals surface area contributed by atoms with Crippen LogP contribution in [0.5, 0.6) is 0 Å². The van der Waals surface area contributed by atoms with Gasteiger partial charge in [0, 0.05) is 6.54 Å². The summed E-state index contributed by atoms with van der Waals surface area (Å²) in [6, 6.07) is 4.82. The minimum absolute atomic E-state index is 0.112. The molecule has 0 spiro atoms. The van der Waals surface area contributed by atoms with E-state index in [1.165, 1.54) is 12.1 Å². The molecule has 2 aromatic rings. The van der Waals surface area contributed by atoms with Gasteiger partial charge in [-0.05, 0) is 12.1 Å². The molecule has 0 atom stereocenters. The zero-order chi connectivity index (χ0) is 11.6. The predicted octanol–water partition coefficient (Wildman–Crippen LogP) is 0.422. The second-order valence-electron chi connectivity index (χ2n) is 3.10. The number of hydrogen-bond acceptors (Lipinski definition) is 4. The molecule has 0 radical (unpaired) electrons. The van der Waals surface area contributed by atoms with Crippen LogP contribution in [0, 0.1) is 0 Å². The maximum Gasteiger partial charge on any atom is 0.243 e. The molecule has 84 valence electrons. The van der Waals surface area contributed by atoms with Crippen LogP contribution < -0.4 is 4.72 Å². The standard InChI is InChI=1S/C9H10N4O2S/c1-2-6-10-16(14,15)8-5-3-4-7-9(8)12-13-11-7/h2-5,10H,1,6H2,(H,11,12,13). The monoisotopic (exact) mass is 238 g/mol. The third kappa shape index (κ3) is 1.82. The molecule has 0 aliphatic carbocycles. The number of aromatic amines is 1. The average Bonchev–Trinajstić information content (AvgIpc) is 2.73. The zero-order valence-electron chi connectivity index (χ0n) is 8.34. The summed E-state index contributed by atoms with van der Waals surface area (Å²) in [5, 5.41) is 9.93. The molecule has 0 saturated carbocycles. The maximum absolute atomic E-state index is 11.9. The summed E-state index contributed by atoms with van der Waals surface area (Å²) in [4.78, 5) is 0.112. The molecule has 0 aliphatic rings. The zero-order valence-corrected chi connectivity index (χ0v) is 9.16. The van der Waals surface area contributed by atoms with Crippen molar-refractivity contribution in [2.75, 3.05) is 6.54 Å². The van der Waals surface area contributed by atoms with Gasteiger partial charge >= 0.3 is 0 Å². The Labute approximate surface area is 92.4 Å². The number of fused-ring (bicyclic) bond motifs is 1. The lowest BCUT2D eigenvalue weighted by Crippen LogP contribution is -2.23. The number of benzene rings is 1. The van der Waals surface area contributed by atoms with E-state index in [-0.39, 0.29) is 11.4 Å². The highest BCUT2D eigenvalue weighted by Crippen LogP contribution is 2.18. The Morgan fingerprint density at radius 1 is 1.50 bits per heavy atom. The van der Waals surface area contributed by atoms with Crippen LogP contribution in [0.15, 0.2) is 35.7 Å². The van der Waals surface area contributed by atoms with Crippen molar-refractivity contribution in [1.29, 1.82) is 0 Å². The fourth-order valence-corrected chi connectivity index (χ4v) is 2.46. The van der Waals surface area contributed by atoms with Gasteiger partial charge in [0.05, 0.1) is 5.52 Å². The molecule has 1 heterocycles. The highest BCUT2D eigenvalue weighted by molar-refractivity contribution is 7.89. The Bertz CT molecular complexity index is 617. The van der Waals surface area contributed by atoms with Crippen molar-refractivity contribution in [2.24, 2.45) is 0 Å². The number of H-pyrrole nitrogens is 1. The molecule has 0 unspecified atom stereocenters. The summed E-state index contributed by atoms with van der Waals surface area (Å²) in [6.45, 7) is 3.63.